The van der Waals surface area contributed by atoms with Gasteiger partial charge in [-0.2, -0.15) is 0 Å². The second-order valence-corrected chi connectivity index (χ2v) is 2.67. The second-order valence-electron chi connectivity index (χ2n) is 2.67. The average molecular weight is 142 g/mol. The summed E-state index contributed by atoms with van der Waals surface area (Å²) in [5.41, 5.74) is 0. The van der Waals surface area contributed by atoms with Crippen molar-refractivity contribution in [2.24, 2.45) is 0 Å². The fourth-order valence-electron chi connectivity index (χ4n) is 0.918. The van der Waals surface area contributed by atoms with Crippen molar-refractivity contribution in [2.45, 2.75) is 25.8 Å². The van der Waals surface area contributed by atoms with E-state index in [4.69, 9.17) is 0 Å². The predicted octanol–water partition coefficient (Wildman–Crippen LogP) is -0.126. The zero-order valence-electron chi connectivity index (χ0n) is 6.31. The summed E-state index contributed by atoms with van der Waals surface area (Å²) in [6, 6.07) is 0.402. The van der Waals surface area contributed by atoms with Gasteiger partial charge in [0.15, 0.2) is 0 Å². The predicted molar refractivity (Wildman–Crippen MR) is 39.7 cm³/mol. The molecule has 0 aromatic rings. The van der Waals surface area contributed by atoms with Crippen LogP contribution in [0.1, 0.15) is 19.8 Å². The molecule has 0 unspecified atom stereocenters. The Kier molecular flexibility index (Phi) is 2.68. The summed E-state index contributed by atoms with van der Waals surface area (Å²) in [7, 11) is 0. The Bertz CT molecular complexity index is 121. The molecule has 0 saturated carbocycles. The number of rotatable bonds is 3. The molecule has 0 aliphatic carbocycles. The van der Waals surface area contributed by atoms with Crippen LogP contribution >= 0.6 is 0 Å². The van der Waals surface area contributed by atoms with E-state index in [1.165, 1.54) is 0 Å². The molecule has 3 heteroatoms. The number of hydrogen-bond acceptors (Lipinski definition) is 2. The highest BCUT2D eigenvalue weighted by molar-refractivity contribution is 5.76. The number of carbonyl (C=O) groups excluding carboxylic acids is 1. The first-order valence-corrected chi connectivity index (χ1v) is 3.83. The zero-order valence-corrected chi connectivity index (χ0v) is 6.31. The number of amides is 1. The molecule has 1 fully saturated rings. The molecule has 0 bridgehead atoms. The van der Waals surface area contributed by atoms with Crippen LogP contribution in [-0.4, -0.2) is 25.0 Å². The standard InChI is InChI=1S/C7H14N2O/c1-2-3-7(10)9-6-4-8-5-6/h6,8H,2-5H2,1H3,(H,9,10). The zero-order chi connectivity index (χ0) is 7.40. The fourth-order valence-corrected chi connectivity index (χ4v) is 0.918. The van der Waals surface area contributed by atoms with E-state index < -0.39 is 0 Å². The fraction of sp³-hybridized carbons (Fsp3) is 0.857. The summed E-state index contributed by atoms with van der Waals surface area (Å²) < 4.78 is 0. The molecule has 0 radical (unpaired) electrons. The molecule has 1 rings (SSSR count). The van der Waals surface area contributed by atoms with Crippen LogP contribution in [0.4, 0.5) is 0 Å². The Morgan fingerprint density at radius 2 is 2.40 bits per heavy atom. The lowest BCUT2D eigenvalue weighted by Crippen LogP contribution is -2.56. The van der Waals surface area contributed by atoms with Crippen molar-refractivity contribution >= 4 is 5.91 Å². The van der Waals surface area contributed by atoms with Crippen molar-refractivity contribution < 1.29 is 4.79 Å². The van der Waals surface area contributed by atoms with Gasteiger partial charge in [-0.15, -0.1) is 0 Å². The first-order valence-electron chi connectivity index (χ1n) is 3.83. The Balaban J connectivity index is 2.05. The topological polar surface area (TPSA) is 41.1 Å². The van der Waals surface area contributed by atoms with Gasteiger partial charge in [0.2, 0.25) is 5.91 Å². The summed E-state index contributed by atoms with van der Waals surface area (Å²) in [6.07, 6.45) is 1.60. The minimum absolute atomic E-state index is 0.189. The minimum atomic E-state index is 0.189. The first-order chi connectivity index (χ1) is 4.83. The molecular weight excluding hydrogens is 128 g/mol. The Hall–Kier alpha value is -0.570. The maximum absolute atomic E-state index is 10.9. The summed E-state index contributed by atoms with van der Waals surface area (Å²) in [5, 5.41) is 6.01. The Morgan fingerprint density at radius 3 is 2.80 bits per heavy atom. The third-order valence-corrected chi connectivity index (χ3v) is 1.62. The highest BCUT2D eigenvalue weighted by Crippen LogP contribution is 1.93. The molecule has 0 spiro atoms. The van der Waals surface area contributed by atoms with Gasteiger partial charge in [-0.1, -0.05) is 6.92 Å². The molecule has 58 valence electrons. The molecule has 1 aliphatic rings. The largest absolute Gasteiger partial charge is 0.351 e. The highest BCUT2D eigenvalue weighted by Gasteiger charge is 2.17. The van der Waals surface area contributed by atoms with Crippen LogP contribution in [0.5, 0.6) is 0 Å². The first kappa shape index (κ1) is 7.54. The van der Waals surface area contributed by atoms with Crippen LogP contribution in [0.3, 0.4) is 0 Å². The second kappa shape index (κ2) is 3.56. The van der Waals surface area contributed by atoms with Crippen LogP contribution in [-0.2, 0) is 4.79 Å². The maximum Gasteiger partial charge on any atom is 0.220 e. The van der Waals surface area contributed by atoms with Crippen molar-refractivity contribution in [3.63, 3.8) is 0 Å². The maximum atomic E-state index is 10.9. The van der Waals surface area contributed by atoms with Crippen molar-refractivity contribution in [2.75, 3.05) is 13.1 Å². The monoisotopic (exact) mass is 142 g/mol. The number of hydrogen-bond donors (Lipinski definition) is 2. The van der Waals surface area contributed by atoms with Gasteiger partial charge in [-0.05, 0) is 6.42 Å². The molecule has 1 heterocycles. The van der Waals surface area contributed by atoms with Crippen molar-refractivity contribution in [1.82, 2.24) is 10.6 Å². The van der Waals surface area contributed by atoms with Gasteiger partial charge in [-0.3, -0.25) is 4.79 Å². The molecule has 0 aromatic carbocycles. The third-order valence-electron chi connectivity index (χ3n) is 1.62. The van der Waals surface area contributed by atoms with Gasteiger partial charge in [0, 0.05) is 19.5 Å². The minimum Gasteiger partial charge on any atom is -0.351 e. The van der Waals surface area contributed by atoms with Crippen molar-refractivity contribution in [3.05, 3.63) is 0 Å². The molecule has 2 N–H and O–H groups in total. The molecule has 3 nitrogen and oxygen atoms in total. The smallest absolute Gasteiger partial charge is 0.220 e. The Morgan fingerprint density at radius 1 is 1.70 bits per heavy atom. The quantitative estimate of drug-likeness (QED) is 0.576. The summed E-state index contributed by atoms with van der Waals surface area (Å²) in [5.74, 6) is 0.189. The van der Waals surface area contributed by atoms with Crippen LogP contribution in [0.25, 0.3) is 0 Å². The van der Waals surface area contributed by atoms with Crippen LogP contribution in [0.15, 0.2) is 0 Å². The van der Waals surface area contributed by atoms with E-state index in [0.717, 1.165) is 19.5 Å². The van der Waals surface area contributed by atoms with Gasteiger partial charge < -0.3 is 10.6 Å². The Labute approximate surface area is 61.2 Å². The van der Waals surface area contributed by atoms with E-state index in [2.05, 4.69) is 10.6 Å². The van der Waals surface area contributed by atoms with E-state index in [1.54, 1.807) is 0 Å². The van der Waals surface area contributed by atoms with Gasteiger partial charge >= 0.3 is 0 Å². The van der Waals surface area contributed by atoms with E-state index >= 15 is 0 Å². The lowest BCUT2D eigenvalue weighted by atomic mass is 10.2. The normalized spacial score (nSPS) is 18.1. The SMILES string of the molecule is CCCC(=O)NC1CNC1. The van der Waals surface area contributed by atoms with E-state index in [1.807, 2.05) is 6.92 Å². The van der Waals surface area contributed by atoms with Crippen molar-refractivity contribution in [3.8, 4) is 0 Å². The molecule has 10 heavy (non-hydrogen) atoms. The van der Waals surface area contributed by atoms with E-state index in [-0.39, 0.29) is 5.91 Å². The van der Waals surface area contributed by atoms with Crippen LogP contribution in [0.2, 0.25) is 0 Å². The summed E-state index contributed by atoms with van der Waals surface area (Å²) in [6.45, 7) is 3.89. The van der Waals surface area contributed by atoms with E-state index in [9.17, 15) is 4.79 Å². The van der Waals surface area contributed by atoms with Gasteiger partial charge in [0.25, 0.3) is 0 Å². The third kappa shape index (κ3) is 1.99. The molecule has 0 atom stereocenters. The molecule has 1 saturated heterocycles. The van der Waals surface area contributed by atoms with Crippen LogP contribution < -0.4 is 10.6 Å². The van der Waals surface area contributed by atoms with Gasteiger partial charge in [0.05, 0.1) is 6.04 Å². The van der Waals surface area contributed by atoms with E-state index in [0.29, 0.717) is 12.5 Å². The van der Waals surface area contributed by atoms with Crippen molar-refractivity contribution in [1.29, 1.82) is 0 Å². The highest BCUT2D eigenvalue weighted by atomic mass is 16.1. The molecule has 1 amide bonds. The number of carbonyl (C=O) groups is 1. The molecular formula is C7H14N2O. The summed E-state index contributed by atoms with van der Waals surface area (Å²) in [4.78, 5) is 10.9. The summed E-state index contributed by atoms with van der Waals surface area (Å²) >= 11 is 0. The number of nitrogens with one attached hydrogen (secondary N) is 2. The van der Waals surface area contributed by atoms with Gasteiger partial charge in [-0.25, -0.2) is 0 Å². The average Bonchev–Trinajstić information content (AvgIpc) is 1.80. The van der Waals surface area contributed by atoms with Crippen LogP contribution in [0, 0.1) is 0 Å². The van der Waals surface area contributed by atoms with Gasteiger partial charge in [0.1, 0.15) is 0 Å². The lowest BCUT2D eigenvalue weighted by Gasteiger charge is -2.27. The molecule has 1 aliphatic heterocycles. The molecule has 0 aromatic heterocycles. The lowest BCUT2D eigenvalue weighted by molar-refractivity contribution is -0.122.